The quantitative estimate of drug-likeness (QED) is 0.703. The van der Waals surface area contributed by atoms with E-state index in [4.69, 9.17) is 19.2 Å². The fourth-order valence-corrected chi connectivity index (χ4v) is 3.44. The summed E-state index contributed by atoms with van der Waals surface area (Å²) in [6.45, 7) is 5.29. The van der Waals surface area contributed by atoms with E-state index in [1.807, 2.05) is 18.3 Å². The molecule has 0 atom stereocenters. The van der Waals surface area contributed by atoms with E-state index in [0.717, 1.165) is 59.7 Å². The molecular formula is C20H22N4O3. The van der Waals surface area contributed by atoms with Crippen molar-refractivity contribution < 1.29 is 14.2 Å². The second kappa shape index (κ2) is 7.36. The van der Waals surface area contributed by atoms with Crippen LogP contribution in [0.1, 0.15) is 5.56 Å². The molecule has 0 saturated carbocycles. The lowest BCUT2D eigenvalue weighted by molar-refractivity contribution is 0.122. The number of rotatable bonds is 4. The first-order chi connectivity index (χ1) is 13.2. The van der Waals surface area contributed by atoms with Crippen LogP contribution < -0.4 is 14.4 Å². The summed E-state index contributed by atoms with van der Waals surface area (Å²) < 4.78 is 16.3. The van der Waals surface area contributed by atoms with Gasteiger partial charge in [0.25, 0.3) is 0 Å². The normalized spacial score (nSPS) is 14.4. The summed E-state index contributed by atoms with van der Waals surface area (Å²) in [6, 6.07) is 5.92. The number of anilines is 1. The van der Waals surface area contributed by atoms with E-state index in [1.54, 1.807) is 20.4 Å². The van der Waals surface area contributed by atoms with Gasteiger partial charge >= 0.3 is 0 Å². The fourth-order valence-electron chi connectivity index (χ4n) is 3.44. The monoisotopic (exact) mass is 366 g/mol. The molecule has 27 heavy (non-hydrogen) atoms. The van der Waals surface area contributed by atoms with Crippen LogP contribution in [0.15, 0.2) is 30.6 Å². The van der Waals surface area contributed by atoms with Gasteiger partial charge < -0.3 is 19.1 Å². The molecule has 7 heteroatoms. The zero-order chi connectivity index (χ0) is 18.8. The van der Waals surface area contributed by atoms with Crippen molar-refractivity contribution in [2.24, 2.45) is 0 Å². The van der Waals surface area contributed by atoms with E-state index in [1.165, 1.54) is 0 Å². The third-order valence-electron chi connectivity index (χ3n) is 4.82. The van der Waals surface area contributed by atoms with Gasteiger partial charge in [0.2, 0.25) is 0 Å². The Labute approximate surface area is 157 Å². The summed E-state index contributed by atoms with van der Waals surface area (Å²) in [6.07, 6.45) is 3.66. The maximum Gasteiger partial charge on any atom is 0.162 e. The van der Waals surface area contributed by atoms with Crippen molar-refractivity contribution in [1.82, 2.24) is 15.2 Å². The summed E-state index contributed by atoms with van der Waals surface area (Å²) in [5, 5.41) is 9.34. The molecule has 0 aliphatic carbocycles. The predicted octanol–water partition coefficient (Wildman–Crippen LogP) is 2.85. The molecule has 3 heterocycles. The number of fused-ring (bicyclic) bond motifs is 1. The number of aryl methyl sites for hydroxylation is 1. The highest BCUT2D eigenvalue weighted by atomic mass is 16.5. The molecule has 7 nitrogen and oxygen atoms in total. The minimum absolute atomic E-state index is 0.633. The fraction of sp³-hybridized carbons (Fsp3) is 0.350. The Bertz CT molecular complexity index is 971. The van der Waals surface area contributed by atoms with Crippen molar-refractivity contribution in [1.29, 1.82) is 0 Å². The van der Waals surface area contributed by atoms with Gasteiger partial charge in [0, 0.05) is 41.9 Å². The van der Waals surface area contributed by atoms with Gasteiger partial charge in [-0.15, -0.1) is 0 Å². The van der Waals surface area contributed by atoms with Crippen LogP contribution in [0, 0.1) is 6.92 Å². The summed E-state index contributed by atoms with van der Waals surface area (Å²) >= 11 is 0. The number of methoxy groups -OCH3 is 2. The zero-order valence-corrected chi connectivity index (χ0v) is 15.7. The maximum atomic E-state index is 5.45. The SMILES string of the molecule is COc1cc2nncc(-c3cnc(N4CCOCC4)c(C)c3)c2cc1OC. The lowest BCUT2D eigenvalue weighted by Crippen LogP contribution is -2.37. The van der Waals surface area contributed by atoms with Crippen LogP contribution in [0.3, 0.4) is 0 Å². The minimum atomic E-state index is 0.633. The Morgan fingerprint density at radius 2 is 1.74 bits per heavy atom. The van der Waals surface area contributed by atoms with Gasteiger partial charge in [-0.1, -0.05) is 0 Å². The topological polar surface area (TPSA) is 69.6 Å². The number of pyridine rings is 1. The number of aromatic nitrogens is 3. The van der Waals surface area contributed by atoms with E-state index in [9.17, 15) is 0 Å². The highest BCUT2D eigenvalue weighted by Gasteiger charge is 2.17. The Morgan fingerprint density at radius 3 is 2.44 bits per heavy atom. The van der Waals surface area contributed by atoms with Gasteiger partial charge in [0.05, 0.1) is 39.1 Å². The van der Waals surface area contributed by atoms with Crippen LogP contribution >= 0.6 is 0 Å². The second-order valence-electron chi connectivity index (χ2n) is 6.45. The molecule has 0 bridgehead atoms. The molecule has 1 aliphatic heterocycles. The molecule has 2 aromatic heterocycles. The molecular weight excluding hydrogens is 344 g/mol. The average Bonchev–Trinajstić information content (AvgIpc) is 2.72. The van der Waals surface area contributed by atoms with Crippen LogP contribution in [-0.2, 0) is 4.74 Å². The summed E-state index contributed by atoms with van der Waals surface area (Å²) in [4.78, 5) is 6.99. The molecule has 1 fully saturated rings. The average molecular weight is 366 g/mol. The molecule has 1 aliphatic rings. The second-order valence-corrected chi connectivity index (χ2v) is 6.45. The summed E-state index contributed by atoms with van der Waals surface area (Å²) in [7, 11) is 3.24. The molecule has 0 radical (unpaired) electrons. The lowest BCUT2D eigenvalue weighted by Gasteiger charge is -2.29. The smallest absolute Gasteiger partial charge is 0.162 e. The highest BCUT2D eigenvalue weighted by Crippen LogP contribution is 2.36. The molecule has 0 unspecified atom stereocenters. The van der Waals surface area contributed by atoms with E-state index < -0.39 is 0 Å². The van der Waals surface area contributed by atoms with Gasteiger partial charge in [-0.25, -0.2) is 4.98 Å². The number of ether oxygens (including phenoxy) is 3. The molecule has 4 rings (SSSR count). The predicted molar refractivity (Wildman–Crippen MR) is 104 cm³/mol. The summed E-state index contributed by atoms with van der Waals surface area (Å²) in [5.41, 5.74) is 3.83. The molecule has 140 valence electrons. The maximum absolute atomic E-state index is 5.45. The Hall–Kier alpha value is -2.93. The first-order valence-corrected chi connectivity index (χ1v) is 8.88. The van der Waals surface area contributed by atoms with Crippen molar-refractivity contribution in [3.05, 3.63) is 36.2 Å². The highest BCUT2D eigenvalue weighted by molar-refractivity contribution is 5.95. The molecule has 0 spiro atoms. The van der Waals surface area contributed by atoms with Crippen LogP contribution in [0.4, 0.5) is 5.82 Å². The van der Waals surface area contributed by atoms with Crippen LogP contribution in [-0.4, -0.2) is 55.7 Å². The first-order valence-electron chi connectivity index (χ1n) is 8.88. The van der Waals surface area contributed by atoms with Gasteiger partial charge in [-0.2, -0.15) is 10.2 Å². The van der Waals surface area contributed by atoms with E-state index in [0.29, 0.717) is 11.5 Å². The number of morpholine rings is 1. The Morgan fingerprint density at radius 1 is 1.00 bits per heavy atom. The third kappa shape index (κ3) is 3.26. The van der Waals surface area contributed by atoms with Crippen LogP contribution in [0.5, 0.6) is 11.5 Å². The van der Waals surface area contributed by atoms with Gasteiger partial charge in [0.1, 0.15) is 5.82 Å². The van der Waals surface area contributed by atoms with Crippen molar-refractivity contribution in [3.63, 3.8) is 0 Å². The first kappa shape index (κ1) is 17.5. The van der Waals surface area contributed by atoms with Crippen molar-refractivity contribution in [3.8, 4) is 22.6 Å². The van der Waals surface area contributed by atoms with Crippen molar-refractivity contribution >= 4 is 16.7 Å². The number of benzene rings is 1. The third-order valence-corrected chi connectivity index (χ3v) is 4.82. The van der Waals surface area contributed by atoms with E-state index in [2.05, 4.69) is 28.1 Å². The van der Waals surface area contributed by atoms with Gasteiger partial charge in [-0.05, 0) is 24.6 Å². The van der Waals surface area contributed by atoms with Crippen LogP contribution in [0.25, 0.3) is 22.0 Å². The largest absolute Gasteiger partial charge is 0.493 e. The number of hydrogen-bond donors (Lipinski definition) is 0. The Balaban J connectivity index is 1.78. The molecule has 0 N–H and O–H groups in total. The molecule has 1 saturated heterocycles. The van der Waals surface area contributed by atoms with Crippen molar-refractivity contribution in [2.75, 3.05) is 45.4 Å². The Kier molecular flexibility index (Phi) is 4.77. The number of nitrogens with zero attached hydrogens (tertiary/aromatic N) is 4. The molecule has 0 amide bonds. The van der Waals surface area contributed by atoms with E-state index in [-0.39, 0.29) is 0 Å². The van der Waals surface area contributed by atoms with Gasteiger partial charge in [0.15, 0.2) is 11.5 Å². The zero-order valence-electron chi connectivity index (χ0n) is 15.7. The molecule has 3 aromatic rings. The van der Waals surface area contributed by atoms with E-state index >= 15 is 0 Å². The van der Waals surface area contributed by atoms with Crippen LogP contribution in [0.2, 0.25) is 0 Å². The molecule has 1 aromatic carbocycles. The lowest BCUT2D eigenvalue weighted by atomic mass is 10.0. The van der Waals surface area contributed by atoms with Crippen molar-refractivity contribution in [2.45, 2.75) is 6.92 Å². The number of hydrogen-bond acceptors (Lipinski definition) is 7. The van der Waals surface area contributed by atoms with Gasteiger partial charge in [-0.3, -0.25) is 0 Å². The standard InChI is InChI=1S/C20H22N4O3/c1-13-8-14(11-21-20(13)24-4-6-27-7-5-24)16-12-22-23-17-10-19(26-3)18(25-2)9-15(16)17/h8-12H,4-7H2,1-3H3. The summed E-state index contributed by atoms with van der Waals surface area (Å²) in [5.74, 6) is 2.30. The minimum Gasteiger partial charge on any atom is -0.493 e.